The number of nitrogens with one attached hydrogen (secondary N) is 2. The zero-order valence-corrected chi connectivity index (χ0v) is 14.5. The Morgan fingerprint density at radius 3 is 2.52 bits per heavy atom. The van der Waals surface area contributed by atoms with Gasteiger partial charge in [0, 0.05) is 6.92 Å². The largest absolute Gasteiger partial charge is 0.416 e. The molecule has 0 aliphatic rings. The number of hydrogen-bond acceptors (Lipinski definition) is 4. The van der Waals surface area contributed by atoms with Gasteiger partial charge >= 0.3 is 6.18 Å². The molecule has 2 heterocycles. The van der Waals surface area contributed by atoms with E-state index < -0.39 is 17.3 Å². The summed E-state index contributed by atoms with van der Waals surface area (Å²) in [5, 5.41) is 7.14. The SMILES string of the molecule is CC(=O)NCc1nn(Cc2ccc(C(F)(F)F)cc2)c2nc(C)[nH]c(=O)c12. The van der Waals surface area contributed by atoms with Crippen LogP contribution in [0.2, 0.25) is 0 Å². The van der Waals surface area contributed by atoms with Gasteiger partial charge < -0.3 is 10.3 Å². The van der Waals surface area contributed by atoms with Crippen LogP contribution in [0.15, 0.2) is 29.1 Å². The molecule has 1 amide bonds. The number of fused-ring (bicyclic) bond motifs is 1. The first-order valence-corrected chi connectivity index (χ1v) is 8.02. The molecule has 3 aromatic rings. The first-order chi connectivity index (χ1) is 12.6. The number of carbonyl (C=O) groups is 1. The molecular formula is C17H16F3N5O2. The maximum Gasteiger partial charge on any atom is 0.416 e. The molecule has 27 heavy (non-hydrogen) atoms. The number of nitrogens with zero attached hydrogens (tertiary/aromatic N) is 3. The normalized spacial score (nSPS) is 11.7. The van der Waals surface area contributed by atoms with Gasteiger partial charge in [-0.2, -0.15) is 18.3 Å². The topological polar surface area (TPSA) is 92.7 Å². The van der Waals surface area contributed by atoms with Crippen LogP contribution in [-0.4, -0.2) is 25.7 Å². The number of halogens is 3. The van der Waals surface area contributed by atoms with Crippen molar-refractivity contribution in [2.24, 2.45) is 0 Å². The van der Waals surface area contributed by atoms with Crippen molar-refractivity contribution in [1.82, 2.24) is 25.1 Å². The van der Waals surface area contributed by atoms with Crippen LogP contribution in [0.4, 0.5) is 13.2 Å². The van der Waals surface area contributed by atoms with E-state index in [4.69, 9.17) is 0 Å². The van der Waals surface area contributed by atoms with E-state index in [9.17, 15) is 22.8 Å². The van der Waals surface area contributed by atoms with Crippen molar-refractivity contribution >= 4 is 16.9 Å². The minimum absolute atomic E-state index is 0.0413. The Labute approximate surface area is 151 Å². The van der Waals surface area contributed by atoms with E-state index in [0.29, 0.717) is 22.7 Å². The van der Waals surface area contributed by atoms with Crippen LogP contribution in [-0.2, 0) is 24.1 Å². The van der Waals surface area contributed by atoms with E-state index in [0.717, 1.165) is 12.1 Å². The fourth-order valence-electron chi connectivity index (χ4n) is 2.68. The Morgan fingerprint density at radius 1 is 1.26 bits per heavy atom. The molecule has 0 fully saturated rings. The number of hydrogen-bond donors (Lipinski definition) is 2. The van der Waals surface area contributed by atoms with Crippen molar-refractivity contribution in [3.63, 3.8) is 0 Å². The number of H-pyrrole nitrogens is 1. The molecule has 142 valence electrons. The number of amides is 1. The zero-order valence-electron chi connectivity index (χ0n) is 14.5. The fraction of sp³-hybridized carbons (Fsp3) is 0.294. The molecule has 7 nitrogen and oxygen atoms in total. The number of aromatic nitrogens is 4. The molecule has 1 aromatic carbocycles. The number of rotatable bonds is 4. The second kappa shape index (κ2) is 6.86. The van der Waals surface area contributed by atoms with Gasteiger partial charge in [0.1, 0.15) is 11.2 Å². The van der Waals surface area contributed by atoms with Crippen molar-refractivity contribution in [1.29, 1.82) is 0 Å². The second-order valence-corrected chi connectivity index (χ2v) is 6.06. The van der Waals surface area contributed by atoms with E-state index in [1.165, 1.54) is 23.7 Å². The average Bonchev–Trinajstić information content (AvgIpc) is 2.90. The summed E-state index contributed by atoms with van der Waals surface area (Å²) in [5.41, 5.74) is 0.0698. The quantitative estimate of drug-likeness (QED) is 0.726. The predicted octanol–water partition coefficient (Wildman–Crippen LogP) is 2.13. The molecule has 2 N–H and O–H groups in total. The van der Waals surface area contributed by atoms with E-state index in [-0.39, 0.29) is 24.4 Å². The third-order valence-electron chi connectivity index (χ3n) is 3.91. The van der Waals surface area contributed by atoms with Gasteiger partial charge in [-0.25, -0.2) is 9.67 Å². The number of alkyl halides is 3. The van der Waals surface area contributed by atoms with Gasteiger partial charge in [0.2, 0.25) is 5.91 Å². The van der Waals surface area contributed by atoms with Crippen LogP contribution in [0.5, 0.6) is 0 Å². The average molecular weight is 379 g/mol. The Hall–Kier alpha value is -3.17. The fourth-order valence-corrected chi connectivity index (χ4v) is 2.68. The summed E-state index contributed by atoms with van der Waals surface area (Å²) in [5.74, 6) is 0.101. The van der Waals surface area contributed by atoms with Gasteiger partial charge in [-0.1, -0.05) is 12.1 Å². The number of benzene rings is 1. The van der Waals surface area contributed by atoms with E-state index in [1.54, 1.807) is 6.92 Å². The molecule has 3 rings (SSSR count). The molecule has 0 atom stereocenters. The lowest BCUT2D eigenvalue weighted by atomic mass is 10.1. The first-order valence-electron chi connectivity index (χ1n) is 8.02. The van der Waals surface area contributed by atoms with E-state index >= 15 is 0 Å². The summed E-state index contributed by atoms with van der Waals surface area (Å²) in [4.78, 5) is 30.3. The first kappa shape index (κ1) is 18.6. The summed E-state index contributed by atoms with van der Waals surface area (Å²) in [6, 6.07) is 4.68. The number of aromatic amines is 1. The highest BCUT2D eigenvalue weighted by Gasteiger charge is 2.30. The van der Waals surface area contributed by atoms with Crippen LogP contribution in [0.1, 0.15) is 29.6 Å². The van der Waals surface area contributed by atoms with Gasteiger partial charge in [-0.3, -0.25) is 9.59 Å². The highest BCUT2D eigenvalue weighted by Crippen LogP contribution is 2.29. The minimum atomic E-state index is -4.41. The molecule has 0 spiro atoms. The molecule has 0 bridgehead atoms. The maximum atomic E-state index is 12.7. The highest BCUT2D eigenvalue weighted by molar-refractivity contribution is 5.78. The van der Waals surface area contributed by atoms with Gasteiger partial charge in [-0.15, -0.1) is 0 Å². The van der Waals surface area contributed by atoms with Gasteiger partial charge in [0.25, 0.3) is 5.56 Å². The Morgan fingerprint density at radius 2 is 1.93 bits per heavy atom. The molecule has 0 unspecified atom stereocenters. The predicted molar refractivity (Wildman–Crippen MR) is 91.0 cm³/mol. The second-order valence-electron chi connectivity index (χ2n) is 6.06. The molecule has 10 heteroatoms. The van der Waals surface area contributed by atoms with Gasteiger partial charge in [-0.05, 0) is 24.6 Å². The van der Waals surface area contributed by atoms with Crippen LogP contribution in [0, 0.1) is 6.92 Å². The molecule has 0 saturated carbocycles. The molecule has 0 radical (unpaired) electrons. The minimum Gasteiger partial charge on any atom is -0.351 e. The smallest absolute Gasteiger partial charge is 0.351 e. The summed E-state index contributed by atoms with van der Waals surface area (Å²) >= 11 is 0. The Kier molecular flexibility index (Phi) is 4.73. The maximum absolute atomic E-state index is 12.7. The van der Waals surface area contributed by atoms with Crippen LogP contribution in [0.3, 0.4) is 0 Å². The van der Waals surface area contributed by atoms with Gasteiger partial charge in [0.15, 0.2) is 5.65 Å². The third-order valence-corrected chi connectivity index (χ3v) is 3.91. The lowest BCUT2D eigenvalue weighted by molar-refractivity contribution is -0.137. The molecular weight excluding hydrogens is 363 g/mol. The molecule has 0 aliphatic heterocycles. The van der Waals surface area contributed by atoms with Crippen molar-refractivity contribution in [3.05, 3.63) is 57.3 Å². The summed E-state index contributed by atoms with van der Waals surface area (Å²) in [7, 11) is 0. The lowest BCUT2D eigenvalue weighted by Gasteiger charge is -2.08. The van der Waals surface area contributed by atoms with Gasteiger partial charge in [0.05, 0.1) is 24.3 Å². The molecule has 0 aliphatic carbocycles. The third kappa shape index (κ3) is 3.99. The Bertz CT molecular complexity index is 1050. The number of carbonyl (C=O) groups excluding carboxylic acids is 1. The zero-order chi connectivity index (χ0) is 19.8. The molecule has 0 saturated heterocycles. The van der Waals surface area contributed by atoms with Crippen LogP contribution < -0.4 is 10.9 Å². The van der Waals surface area contributed by atoms with Crippen LogP contribution in [0.25, 0.3) is 11.0 Å². The van der Waals surface area contributed by atoms with Crippen molar-refractivity contribution in [2.75, 3.05) is 0 Å². The highest BCUT2D eigenvalue weighted by atomic mass is 19.4. The number of aryl methyl sites for hydroxylation is 1. The lowest BCUT2D eigenvalue weighted by Crippen LogP contribution is -2.20. The van der Waals surface area contributed by atoms with Crippen molar-refractivity contribution < 1.29 is 18.0 Å². The van der Waals surface area contributed by atoms with E-state index in [2.05, 4.69) is 20.4 Å². The van der Waals surface area contributed by atoms with Crippen molar-refractivity contribution in [2.45, 2.75) is 33.1 Å². The summed E-state index contributed by atoms with van der Waals surface area (Å²) in [6.07, 6.45) is -4.41. The summed E-state index contributed by atoms with van der Waals surface area (Å²) in [6.45, 7) is 3.13. The Balaban J connectivity index is 2.01. The molecule has 2 aromatic heterocycles. The van der Waals surface area contributed by atoms with E-state index in [1.807, 2.05) is 0 Å². The summed E-state index contributed by atoms with van der Waals surface area (Å²) < 4.78 is 39.5. The monoisotopic (exact) mass is 379 g/mol. The standard InChI is InChI=1S/C17H16F3N5O2/c1-9-22-15-14(16(27)23-9)13(7-21-10(2)26)24-25(15)8-11-3-5-12(6-4-11)17(18,19)20/h3-6H,7-8H2,1-2H3,(H,21,26)(H,22,23,27). The van der Waals surface area contributed by atoms with Crippen LogP contribution >= 0.6 is 0 Å². The van der Waals surface area contributed by atoms with Crippen molar-refractivity contribution in [3.8, 4) is 0 Å².